The van der Waals surface area contributed by atoms with Gasteiger partial charge in [0.1, 0.15) is 12.4 Å². The van der Waals surface area contributed by atoms with Crippen molar-refractivity contribution in [3.8, 4) is 5.75 Å². The second-order valence-corrected chi connectivity index (χ2v) is 3.01. The summed E-state index contributed by atoms with van der Waals surface area (Å²) < 4.78 is 5.22. The number of anilines is 1. The molecule has 0 bridgehead atoms. The van der Waals surface area contributed by atoms with Crippen molar-refractivity contribution in [1.82, 2.24) is 0 Å². The van der Waals surface area contributed by atoms with Crippen molar-refractivity contribution in [3.05, 3.63) is 23.2 Å². The van der Waals surface area contributed by atoms with Crippen molar-refractivity contribution >= 4 is 28.9 Å². The fourth-order valence-corrected chi connectivity index (χ4v) is 1.03. The molecule has 12 heavy (non-hydrogen) atoms. The Hall–Kier alpha value is -0.600. The topological polar surface area (TPSA) is 35.2 Å². The summed E-state index contributed by atoms with van der Waals surface area (Å²) in [6.45, 7) is 0.435. The highest BCUT2D eigenvalue weighted by atomic mass is 35.5. The van der Waals surface area contributed by atoms with Gasteiger partial charge >= 0.3 is 0 Å². The molecule has 0 radical (unpaired) electrons. The maximum atomic E-state index is 5.81. The monoisotopic (exact) mass is 205 g/mol. The Balaban J connectivity index is 2.75. The Kier molecular flexibility index (Phi) is 3.50. The highest BCUT2D eigenvalue weighted by Gasteiger charge is 2.00. The molecule has 2 N–H and O–H groups in total. The molecule has 0 fully saturated rings. The molecular weight excluding hydrogens is 197 g/mol. The van der Waals surface area contributed by atoms with E-state index in [1.807, 2.05) is 0 Å². The van der Waals surface area contributed by atoms with Crippen LogP contribution in [0.4, 0.5) is 5.69 Å². The minimum Gasteiger partial charge on any atom is -0.491 e. The van der Waals surface area contributed by atoms with Crippen LogP contribution in [0.3, 0.4) is 0 Å². The van der Waals surface area contributed by atoms with Gasteiger partial charge in [-0.2, -0.15) is 0 Å². The first-order valence-corrected chi connectivity index (χ1v) is 4.39. The van der Waals surface area contributed by atoms with Crippen LogP contribution >= 0.6 is 23.2 Å². The summed E-state index contributed by atoms with van der Waals surface area (Å²) in [4.78, 5) is 0. The lowest BCUT2D eigenvalue weighted by atomic mass is 10.3. The van der Waals surface area contributed by atoms with Gasteiger partial charge in [0, 0.05) is 11.8 Å². The number of nitrogens with two attached hydrogens (primary N) is 1. The number of rotatable bonds is 3. The van der Waals surface area contributed by atoms with E-state index in [1.165, 1.54) is 0 Å². The molecule has 1 rings (SSSR count). The van der Waals surface area contributed by atoms with Gasteiger partial charge < -0.3 is 10.5 Å². The van der Waals surface area contributed by atoms with E-state index in [-0.39, 0.29) is 0 Å². The van der Waals surface area contributed by atoms with Gasteiger partial charge in [0.05, 0.1) is 10.9 Å². The Labute approximate surface area is 81.2 Å². The molecule has 66 valence electrons. The van der Waals surface area contributed by atoms with Gasteiger partial charge in [-0.1, -0.05) is 11.6 Å². The molecule has 0 saturated carbocycles. The quantitative estimate of drug-likeness (QED) is 0.609. The molecular formula is C8H9Cl2NO. The molecule has 0 unspecified atom stereocenters. The average Bonchev–Trinajstić information content (AvgIpc) is 2.07. The zero-order chi connectivity index (χ0) is 8.97. The number of hydrogen-bond donors (Lipinski definition) is 1. The molecule has 0 aliphatic heterocycles. The molecule has 1 aromatic carbocycles. The van der Waals surface area contributed by atoms with Gasteiger partial charge in [-0.15, -0.1) is 11.6 Å². The first-order valence-electron chi connectivity index (χ1n) is 3.48. The van der Waals surface area contributed by atoms with Crippen LogP contribution in [0.25, 0.3) is 0 Å². The summed E-state index contributed by atoms with van der Waals surface area (Å²) in [6.07, 6.45) is 0. The molecule has 0 heterocycles. The summed E-state index contributed by atoms with van der Waals surface area (Å²) in [5.74, 6) is 1.02. The molecule has 0 aliphatic carbocycles. The maximum absolute atomic E-state index is 5.81. The second-order valence-electron chi connectivity index (χ2n) is 2.23. The van der Waals surface area contributed by atoms with Gasteiger partial charge in [-0.3, -0.25) is 0 Å². The molecule has 0 aliphatic rings. The van der Waals surface area contributed by atoms with Crippen LogP contribution in [0.2, 0.25) is 5.02 Å². The minimum absolute atomic E-state index is 0.435. The summed E-state index contributed by atoms with van der Waals surface area (Å²) in [5.41, 5.74) is 6.16. The molecule has 0 amide bonds. The molecule has 4 heteroatoms. The van der Waals surface area contributed by atoms with Crippen LogP contribution in [0.15, 0.2) is 18.2 Å². The molecule has 1 aromatic rings. The fraction of sp³-hybridized carbons (Fsp3) is 0.250. The first kappa shape index (κ1) is 9.49. The maximum Gasteiger partial charge on any atom is 0.139 e. The largest absolute Gasteiger partial charge is 0.491 e. The number of hydrogen-bond acceptors (Lipinski definition) is 2. The third-order valence-electron chi connectivity index (χ3n) is 1.29. The van der Waals surface area contributed by atoms with Crippen molar-refractivity contribution in [2.45, 2.75) is 0 Å². The Morgan fingerprint density at radius 1 is 1.42 bits per heavy atom. The number of halogens is 2. The van der Waals surface area contributed by atoms with Crippen LogP contribution in [0, 0.1) is 0 Å². The normalized spacial score (nSPS) is 9.83. The van der Waals surface area contributed by atoms with E-state index in [2.05, 4.69) is 0 Å². The van der Waals surface area contributed by atoms with Crippen molar-refractivity contribution in [3.63, 3.8) is 0 Å². The summed E-state index contributed by atoms with van der Waals surface area (Å²) in [7, 11) is 0. The Morgan fingerprint density at radius 2 is 2.17 bits per heavy atom. The van der Waals surface area contributed by atoms with Crippen molar-refractivity contribution in [1.29, 1.82) is 0 Å². The van der Waals surface area contributed by atoms with Crippen LogP contribution in [-0.2, 0) is 0 Å². The van der Waals surface area contributed by atoms with Crippen LogP contribution in [0.5, 0.6) is 5.75 Å². The molecule has 0 aromatic heterocycles. The van der Waals surface area contributed by atoms with E-state index in [9.17, 15) is 0 Å². The van der Waals surface area contributed by atoms with Crippen molar-refractivity contribution < 1.29 is 4.74 Å². The lowest BCUT2D eigenvalue weighted by Gasteiger charge is -2.06. The van der Waals surface area contributed by atoms with Crippen LogP contribution < -0.4 is 10.5 Å². The number of nitrogen functional groups attached to an aromatic ring is 1. The highest BCUT2D eigenvalue weighted by molar-refractivity contribution is 6.32. The zero-order valence-corrected chi connectivity index (χ0v) is 7.90. The predicted octanol–water partition coefficient (Wildman–Crippen LogP) is 2.54. The zero-order valence-electron chi connectivity index (χ0n) is 6.39. The van der Waals surface area contributed by atoms with Crippen LogP contribution in [-0.4, -0.2) is 12.5 Å². The SMILES string of the molecule is Nc1ccc(Cl)c(OCCCl)c1. The van der Waals surface area contributed by atoms with Gasteiger partial charge in [-0.05, 0) is 12.1 Å². The summed E-state index contributed by atoms with van der Waals surface area (Å²) in [6, 6.07) is 5.09. The molecule has 0 saturated heterocycles. The third-order valence-corrected chi connectivity index (χ3v) is 1.76. The number of ether oxygens (including phenoxy) is 1. The van der Waals surface area contributed by atoms with Gasteiger partial charge in [0.25, 0.3) is 0 Å². The Morgan fingerprint density at radius 3 is 2.83 bits per heavy atom. The summed E-state index contributed by atoms with van der Waals surface area (Å²) >= 11 is 11.3. The standard InChI is InChI=1S/C8H9Cl2NO/c9-3-4-12-8-5-6(11)1-2-7(8)10/h1-2,5H,3-4,11H2. The van der Waals surface area contributed by atoms with E-state index in [0.717, 1.165) is 0 Å². The second kappa shape index (κ2) is 4.43. The highest BCUT2D eigenvalue weighted by Crippen LogP contribution is 2.26. The lowest BCUT2D eigenvalue weighted by Crippen LogP contribution is -1.99. The molecule has 0 atom stereocenters. The third kappa shape index (κ3) is 2.47. The lowest BCUT2D eigenvalue weighted by molar-refractivity contribution is 0.343. The summed E-state index contributed by atoms with van der Waals surface area (Å²) in [5, 5.41) is 0.550. The van der Waals surface area contributed by atoms with E-state index >= 15 is 0 Å². The fourth-order valence-electron chi connectivity index (χ4n) is 0.779. The number of benzene rings is 1. The van der Waals surface area contributed by atoms with Crippen molar-refractivity contribution in [2.75, 3.05) is 18.2 Å². The minimum atomic E-state index is 0.435. The molecule has 0 spiro atoms. The number of alkyl halides is 1. The van der Waals surface area contributed by atoms with Gasteiger partial charge in [-0.25, -0.2) is 0 Å². The predicted molar refractivity (Wildman–Crippen MR) is 52.1 cm³/mol. The Bertz CT molecular complexity index is 265. The van der Waals surface area contributed by atoms with Crippen LogP contribution in [0.1, 0.15) is 0 Å². The average molecular weight is 206 g/mol. The van der Waals surface area contributed by atoms with Gasteiger partial charge in [0.15, 0.2) is 0 Å². The van der Waals surface area contributed by atoms with E-state index < -0.39 is 0 Å². The van der Waals surface area contributed by atoms with E-state index in [0.29, 0.717) is 28.9 Å². The smallest absolute Gasteiger partial charge is 0.139 e. The van der Waals surface area contributed by atoms with E-state index in [1.54, 1.807) is 18.2 Å². The first-order chi connectivity index (χ1) is 5.74. The molecule has 2 nitrogen and oxygen atoms in total. The van der Waals surface area contributed by atoms with Gasteiger partial charge in [0.2, 0.25) is 0 Å². The van der Waals surface area contributed by atoms with E-state index in [4.69, 9.17) is 33.7 Å². The van der Waals surface area contributed by atoms with Crippen molar-refractivity contribution in [2.24, 2.45) is 0 Å².